The number of piperidine rings is 1. The Balaban J connectivity index is 1.41. The smallest absolute Gasteiger partial charge is 0.0822 e. The lowest BCUT2D eigenvalue weighted by molar-refractivity contribution is -0.107. The fraction of sp³-hybridized carbons (Fsp3) is 0.500. The van der Waals surface area contributed by atoms with Gasteiger partial charge < -0.3 is 9.84 Å². The number of nitrogens with zero attached hydrogens (tertiary/aromatic N) is 2. The molecule has 29 heavy (non-hydrogen) atoms. The molecule has 156 valence electrons. The Bertz CT molecular complexity index is 770. The molecular weight excluding hydrogens is 384 g/mol. The first kappa shape index (κ1) is 20.8. The Labute approximate surface area is 179 Å². The highest BCUT2D eigenvalue weighted by Gasteiger charge is 2.38. The Kier molecular flexibility index (Phi) is 6.88. The number of hydrogen-bond acceptors (Lipinski definition) is 4. The van der Waals surface area contributed by atoms with Gasteiger partial charge in [-0.15, -0.1) is 0 Å². The number of hydrogen-bond donors (Lipinski definition) is 1. The second-order valence-electron chi connectivity index (χ2n) is 8.47. The molecule has 0 aliphatic carbocycles. The molecule has 0 radical (unpaired) electrons. The second-order valence-corrected chi connectivity index (χ2v) is 8.91. The van der Waals surface area contributed by atoms with Crippen LogP contribution in [0.4, 0.5) is 0 Å². The van der Waals surface area contributed by atoms with Gasteiger partial charge in [-0.2, -0.15) is 0 Å². The van der Waals surface area contributed by atoms with Gasteiger partial charge in [-0.25, -0.2) is 0 Å². The van der Waals surface area contributed by atoms with Crippen LogP contribution < -0.4 is 0 Å². The van der Waals surface area contributed by atoms with Gasteiger partial charge in [-0.3, -0.25) is 9.80 Å². The van der Waals surface area contributed by atoms with E-state index in [2.05, 4.69) is 53.1 Å². The van der Waals surface area contributed by atoms with Gasteiger partial charge >= 0.3 is 0 Å². The van der Waals surface area contributed by atoms with Crippen LogP contribution in [0.15, 0.2) is 54.6 Å². The van der Waals surface area contributed by atoms with E-state index in [-0.39, 0.29) is 24.3 Å². The molecule has 4 nitrogen and oxygen atoms in total. The van der Waals surface area contributed by atoms with Crippen molar-refractivity contribution in [3.05, 3.63) is 70.7 Å². The predicted molar refractivity (Wildman–Crippen MR) is 117 cm³/mol. The van der Waals surface area contributed by atoms with Gasteiger partial charge in [0.15, 0.2) is 0 Å². The molecule has 0 aromatic heterocycles. The lowest BCUT2D eigenvalue weighted by Gasteiger charge is -2.48. The van der Waals surface area contributed by atoms with E-state index in [4.69, 9.17) is 16.3 Å². The second kappa shape index (κ2) is 9.59. The van der Waals surface area contributed by atoms with Crippen molar-refractivity contribution in [3.8, 4) is 0 Å². The molecule has 2 fully saturated rings. The molecule has 0 unspecified atom stereocenters. The van der Waals surface area contributed by atoms with Gasteiger partial charge in [-0.1, -0.05) is 54.1 Å². The van der Waals surface area contributed by atoms with Crippen LogP contribution in [0, 0.1) is 0 Å². The average Bonchev–Trinajstić information content (AvgIpc) is 2.72. The molecule has 0 amide bonds. The van der Waals surface area contributed by atoms with Crippen molar-refractivity contribution < 1.29 is 9.84 Å². The molecule has 4 rings (SSSR count). The summed E-state index contributed by atoms with van der Waals surface area (Å²) in [7, 11) is 0. The molecule has 2 heterocycles. The Morgan fingerprint density at radius 3 is 2.52 bits per heavy atom. The number of aliphatic hydroxyl groups excluding tert-OH is 1. The number of β-amino-alcohol motifs (C(OH)–C–C–N with tert-alkyl or cyclic N) is 1. The number of aliphatic hydroxyl groups is 1. The Hall–Kier alpha value is -1.43. The molecule has 2 aliphatic heterocycles. The summed E-state index contributed by atoms with van der Waals surface area (Å²) in [5.41, 5.74) is 2.57. The van der Waals surface area contributed by atoms with Gasteiger partial charge in [-0.05, 0) is 43.0 Å². The molecule has 0 spiro atoms. The first-order chi connectivity index (χ1) is 14.1. The van der Waals surface area contributed by atoms with E-state index in [1.54, 1.807) is 0 Å². The molecule has 2 aromatic rings. The molecule has 0 saturated carbocycles. The van der Waals surface area contributed by atoms with Crippen LogP contribution in [0.3, 0.4) is 0 Å². The average molecular weight is 415 g/mol. The fourth-order valence-corrected chi connectivity index (χ4v) is 4.83. The lowest BCUT2D eigenvalue weighted by Crippen LogP contribution is -2.61. The number of benzene rings is 2. The third-order valence-corrected chi connectivity index (χ3v) is 6.45. The zero-order valence-corrected chi connectivity index (χ0v) is 17.8. The van der Waals surface area contributed by atoms with Crippen LogP contribution in [-0.2, 0) is 17.7 Å². The third-order valence-electron chi connectivity index (χ3n) is 6.20. The third kappa shape index (κ3) is 5.39. The summed E-state index contributed by atoms with van der Waals surface area (Å²) in [6.07, 6.45) is 1.76. The van der Waals surface area contributed by atoms with Gasteiger partial charge in [0.2, 0.25) is 0 Å². The van der Waals surface area contributed by atoms with E-state index in [9.17, 15) is 5.11 Å². The van der Waals surface area contributed by atoms with Crippen molar-refractivity contribution in [2.45, 2.75) is 50.6 Å². The molecule has 5 heteroatoms. The molecule has 2 aromatic carbocycles. The zero-order chi connectivity index (χ0) is 20.2. The Morgan fingerprint density at radius 2 is 1.79 bits per heavy atom. The van der Waals surface area contributed by atoms with E-state index in [0.717, 1.165) is 44.0 Å². The summed E-state index contributed by atoms with van der Waals surface area (Å²) in [4.78, 5) is 4.88. The van der Waals surface area contributed by atoms with Crippen molar-refractivity contribution in [2.24, 2.45) is 0 Å². The summed E-state index contributed by atoms with van der Waals surface area (Å²) in [6.45, 7) is 6.34. The van der Waals surface area contributed by atoms with Crippen LogP contribution in [0.1, 0.15) is 24.5 Å². The number of rotatable bonds is 5. The van der Waals surface area contributed by atoms with Crippen molar-refractivity contribution in [3.63, 3.8) is 0 Å². The van der Waals surface area contributed by atoms with E-state index >= 15 is 0 Å². The Morgan fingerprint density at radius 1 is 1.03 bits per heavy atom. The van der Waals surface area contributed by atoms with Crippen LogP contribution in [0.5, 0.6) is 0 Å². The van der Waals surface area contributed by atoms with Crippen LogP contribution in [0.25, 0.3) is 0 Å². The molecule has 2 saturated heterocycles. The van der Waals surface area contributed by atoms with Crippen LogP contribution >= 0.6 is 11.6 Å². The quantitative estimate of drug-likeness (QED) is 0.810. The number of likely N-dealkylation sites (tertiary alicyclic amines) is 1. The molecule has 1 N–H and O–H groups in total. The lowest BCUT2D eigenvalue weighted by atomic mass is 9.94. The summed E-state index contributed by atoms with van der Waals surface area (Å²) < 4.78 is 5.98. The topological polar surface area (TPSA) is 35.9 Å². The van der Waals surface area contributed by atoms with Gasteiger partial charge in [0.1, 0.15) is 0 Å². The maximum absolute atomic E-state index is 11.0. The molecular formula is C24H31ClN2O2. The summed E-state index contributed by atoms with van der Waals surface area (Å²) in [6, 6.07) is 19.1. The van der Waals surface area contributed by atoms with E-state index in [1.165, 1.54) is 11.1 Å². The van der Waals surface area contributed by atoms with E-state index < -0.39 is 0 Å². The van der Waals surface area contributed by atoms with Gasteiger partial charge in [0, 0.05) is 43.3 Å². The number of morpholine rings is 1. The minimum atomic E-state index is -0.342. The van der Waals surface area contributed by atoms with Gasteiger partial charge in [0.05, 0.1) is 18.8 Å². The standard InChI is InChI=1S/C24H31ClN2O2/c1-18-14-27(22(17-29-18)13-19-7-9-21(25)10-8-19)23-11-12-26(16-24(23)28)15-20-5-3-2-4-6-20/h2-10,18,22-24,28H,11-17H2,1H3/t18-,22-,23+,24+/m0/s1. The monoisotopic (exact) mass is 414 g/mol. The molecule has 4 atom stereocenters. The minimum absolute atomic E-state index is 0.186. The predicted octanol–water partition coefficient (Wildman–Crippen LogP) is 3.61. The minimum Gasteiger partial charge on any atom is -0.390 e. The summed E-state index contributed by atoms with van der Waals surface area (Å²) in [5.74, 6) is 0. The SMILES string of the molecule is C[C@H]1CN([C@@H]2CCN(Cc3ccccc3)C[C@H]2O)[C@@H](Cc2ccc(Cl)cc2)CO1. The molecule has 2 aliphatic rings. The maximum atomic E-state index is 11.0. The number of halogens is 1. The van der Waals surface area contributed by atoms with Crippen molar-refractivity contribution >= 4 is 11.6 Å². The summed E-state index contributed by atoms with van der Waals surface area (Å²) >= 11 is 6.04. The van der Waals surface area contributed by atoms with Crippen LogP contribution in [-0.4, -0.2) is 65.4 Å². The van der Waals surface area contributed by atoms with E-state index in [1.807, 2.05) is 18.2 Å². The largest absolute Gasteiger partial charge is 0.390 e. The summed E-state index contributed by atoms with van der Waals surface area (Å²) in [5, 5.41) is 11.8. The van der Waals surface area contributed by atoms with Gasteiger partial charge in [0.25, 0.3) is 0 Å². The van der Waals surface area contributed by atoms with Crippen molar-refractivity contribution in [2.75, 3.05) is 26.2 Å². The number of ether oxygens (including phenoxy) is 1. The highest BCUT2D eigenvalue weighted by molar-refractivity contribution is 6.30. The first-order valence-electron chi connectivity index (χ1n) is 10.6. The normalized spacial score (nSPS) is 29.1. The first-order valence-corrected chi connectivity index (χ1v) is 11.0. The fourth-order valence-electron chi connectivity index (χ4n) is 4.70. The molecule has 0 bridgehead atoms. The highest BCUT2D eigenvalue weighted by atomic mass is 35.5. The van der Waals surface area contributed by atoms with Crippen molar-refractivity contribution in [1.82, 2.24) is 9.80 Å². The van der Waals surface area contributed by atoms with E-state index in [0.29, 0.717) is 6.61 Å². The van der Waals surface area contributed by atoms with Crippen molar-refractivity contribution in [1.29, 1.82) is 0 Å². The maximum Gasteiger partial charge on any atom is 0.0822 e. The van der Waals surface area contributed by atoms with Crippen LogP contribution in [0.2, 0.25) is 5.02 Å². The zero-order valence-electron chi connectivity index (χ0n) is 17.1. The highest BCUT2D eigenvalue weighted by Crippen LogP contribution is 2.26.